The molecule has 1 aliphatic rings. The van der Waals surface area contributed by atoms with Gasteiger partial charge in [0.2, 0.25) is 5.91 Å². The molecule has 1 amide bonds. The Morgan fingerprint density at radius 1 is 1.33 bits per heavy atom. The first-order valence-corrected chi connectivity index (χ1v) is 9.96. The number of nitrogens with one attached hydrogen (secondary N) is 1. The molecule has 144 valence electrons. The number of carbonyl (C=O) groups is 1. The number of hydrogen-bond donors (Lipinski definition) is 1. The molecule has 2 aromatic rings. The Kier molecular flexibility index (Phi) is 6.53. The maximum Gasteiger partial charge on any atom is 0.244 e. The molecule has 0 aliphatic carbocycles. The van der Waals surface area contributed by atoms with E-state index in [-0.39, 0.29) is 5.91 Å². The molecule has 5 nitrogen and oxygen atoms in total. The number of carbonyl (C=O) groups excluding carboxylic acids is 1. The molecule has 0 fully saturated rings. The Morgan fingerprint density at radius 2 is 2.19 bits per heavy atom. The van der Waals surface area contributed by atoms with Crippen molar-refractivity contribution in [3.8, 4) is 11.5 Å². The summed E-state index contributed by atoms with van der Waals surface area (Å²) in [5.41, 5.74) is 2.23. The third-order valence-corrected chi connectivity index (χ3v) is 5.91. The lowest BCUT2D eigenvalue weighted by molar-refractivity contribution is -0.116. The molecule has 0 spiro atoms. The summed E-state index contributed by atoms with van der Waals surface area (Å²) in [6.07, 6.45) is 4.39. The zero-order valence-corrected chi connectivity index (χ0v) is 16.8. The number of fused-ring (bicyclic) bond motifs is 1. The Balaban J connectivity index is 1.53. The molecular weight excluding hydrogens is 360 g/mol. The lowest BCUT2D eigenvalue weighted by atomic mass is 10.1. The van der Waals surface area contributed by atoms with Crippen molar-refractivity contribution in [2.75, 3.05) is 27.3 Å². The SMILES string of the molecule is COc1ccc(OC)c(/C=C/C(=O)NCC(C)N2CCc3sccc3C2)c1. The van der Waals surface area contributed by atoms with E-state index in [9.17, 15) is 4.79 Å². The number of hydrogen-bond acceptors (Lipinski definition) is 5. The average molecular weight is 387 g/mol. The summed E-state index contributed by atoms with van der Waals surface area (Å²) in [6, 6.07) is 8.00. The van der Waals surface area contributed by atoms with Gasteiger partial charge in [-0.05, 0) is 54.6 Å². The van der Waals surface area contributed by atoms with Crippen molar-refractivity contribution in [1.29, 1.82) is 0 Å². The Bertz CT molecular complexity index is 816. The monoisotopic (exact) mass is 386 g/mol. The van der Waals surface area contributed by atoms with Crippen LogP contribution in [0.5, 0.6) is 11.5 Å². The third-order valence-electron chi connectivity index (χ3n) is 4.88. The van der Waals surface area contributed by atoms with Crippen molar-refractivity contribution in [2.24, 2.45) is 0 Å². The standard InChI is InChI=1S/C21H26N2O3S/c1-15(23-10-8-20-17(14-23)9-11-27-20)13-22-21(24)7-4-16-12-18(25-2)5-6-19(16)26-3/h4-7,9,11-12,15H,8,10,13-14H2,1-3H3,(H,22,24)/b7-4+. The molecule has 3 rings (SSSR count). The van der Waals surface area contributed by atoms with Gasteiger partial charge in [-0.15, -0.1) is 11.3 Å². The molecular formula is C21H26N2O3S. The number of thiophene rings is 1. The molecule has 0 saturated heterocycles. The van der Waals surface area contributed by atoms with Gasteiger partial charge in [-0.25, -0.2) is 0 Å². The topological polar surface area (TPSA) is 50.8 Å². The molecule has 1 aromatic carbocycles. The predicted molar refractivity (Wildman–Crippen MR) is 109 cm³/mol. The lowest BCUT2D eigenvalue weighted by Gasteiger charge is -2.32. The maximum absolute atomic E-state index is 12.2. The van der Waals surface area contributed by atoms with Crippen molar-refractivity contribution >= 4 is 23.3 Å². The van der Waals surface area contributed by atoms with E-state index in [2.05, 4.69) is 28.6 Å². The van der Waals surface area contributed by atoms with Crippen molar-refractivity contribution in [3.63, 3.8) is 0 Å². The number of methoxy groups -OCH3 is 2. The van der Waals surface area contributed by atoms with Crippen LogP contribution in [0, 0.1) is 0 Å². The van der Waals surface area contributed by atoms with Gasteiger partial charge >= 0.3 is 0 Å². The molecule has 0 bridgehead atoms. The van der Waals surface area contributed by atoms with Crippen LogP contribution >= 0.6 is 11.3 Å². The first-order chi connectivity index (χ1) is 13.1. The fourth-order valence-corrected chi connectivity index (χ4v) is 4.11. The van der Waals surface area contributed by atoms with E-state index in [1.165, 1.54) is 16.5 Å². The fourth-order valence-electron chi connectivity index (χ4n) is 3.22. The second-order valence-corrected chi connectivity index (χ2v) is 7.63. The van der Waals surface area contributed by atoms with Gasteiger partial charge in [0.1, 0.15) is 11.5 Å². The number of benzene rings is 1. The van der Waals surface area contributed by atoms with Crippen LogP contribution in [-0.4, -0.2) is 44.2 Å². The van der Waals surface area contributed by atoms with E-state index in [1.807, 2.05) is 29.5 Å². The minimum atomic E-state index is -0.111. The Hall–Kier alpha value is -2.31. The summed E-state index contributed by atoms with van der Waals surface area (Å²) in [6.45, 7) is 4.79. The van der Waals surface area contributed by atoms with E-state index in [0.29, 0.717) is 18.3 Å². The highest BCUT2D eigenvalue weighted by Crippen LogP contribution is 2.26. The van der Waals surface area contributed by atoms with Gasteiger partial charge in [-0.3, -0.25) is 9.69 Å². The largest absolute Gasteiger partial charge is 0.497 e. The lowest BCUT2D eigenvalue weighted by Crippen LogP contribution is -2.43. The smallest absolute Gasteiger partial charge is 0.244 e. The second-order valence-electron chi connectivity index (χ2n) is 6.62. The minimum Gasteiger partial charge on any atom is -0.497 e. The van der Waals surface area contributed by atoms with E-state index in [4.69, 9.17) is 9.47 Å². The number of nitrogens with zero attached hydrogens (tertiary/aromatic N) is 1. The van der Waals surface area contributed by atoms with Crippen LogP contribution in [0.2, 0.25) is 0 Å². The minimum absolute atomic E-state index is 0.111. The van der Waals surface area contributed by atoms with Crippen LogP contribution in [-0.2, 0) is 17.8 Å². The third kappa shape index (κ3) is 4.90. The van der Waals surface area contributed by atoms with Gasteiger partial charge < -0.3 is 14.8 Å². The molecule has 1 aromatic heterocycles. The molecule has 2 heterocycles. The van der Waals surface area contributed by atoms with Gasteiger partial charge in [0.15, 0.2) is 0 Å². The molecule has 0 radical (unpaired) electrons. The van der Waals surface area contributed by atoms with Crippen LogP contribution < -0.4 is 14.8 Å². The first-order valence-electron chi connectivity index (χ1n) is 9.08. The summed E-state index contributed by atoms with van der Waals surface area (Å²) >= 11 is 1.84. The first kappa shape index (κ1) is 19.5. The van der Waals surface area contributed by atoms with Crippen molar-refractivity contribution in [2.45, 2.75) is 25.9 Å². The van der Waals surface area contributed by atoms with Crippen LogP contribution in [0.15, 0.2) is 35.7 Å². The highest BCUT2D eigenvalue weighted by molar-refractivity contribution is 7.10. The summed E-state index contributed by atoms with van der Waals surface area (Å²) in [5, 5.41) is 5.16. The summed E-state index contributed by atoms with van der Waals surface area (Å²) in [5.74, 6) is 1.32. The van der Waals surface area contributed by atoms with E-state index >= 15 is 0 Å². The summed E-state index contributed by atoms with van der Waals surface area (Å²) in [4.78, 5) is 16.1. The van der Waals surface area contributed by atoms with Gasteiger partial charge in [0, 0.05) is 42.2 Å². The average Bonchev–Trinajstić information content (AvgIpc) is 3.17. The molecule has 1 atom stereocenters. The van der Waals surface area contributed by atoms with E-state index in [1.54, 1.807) is 20.3 Å². The molecule has 6 heteroatoms. The maximum atomic E-state index is 12.2. The van der Waals surface area contributed by atoms with E-state index < -0.39 is 0 Å². The van der Waals surface area contributed by atoms with Crippen LogP contribution in [0.1, 0.15) is 22.9 Å². The number of ether oxygens (including phenoxy) is 2. The number of rotatable bonds is 7. The normalized spacial score (nSPS) is 15.4. The summed E-state index contributed by atoms with van der Waals surface area (Å²) < 4.78 is 10.6. The molecule has 1 unspecified atom stereocenters. The van der Waals surface area contributed by atoms with Crippen LogP contribution in [0.25, 0.3) is 6.08 Å². The van der Waals surface area contributed by atoms with Gasteiger partial charge in [-0.1, -0.05) is 0 Å². The van der Waals surface area contributed by atoms with Crippen molar-refractivity contribution < 1.29 is 14.3 Å². The van der Waals surface area contributed by atoms with Gasteiger partial charge in [-0.2, -0.15) is 0 Å². The zero-order valence-electron chi connectivity index (χ0n) is 16.0. The number of amides is 1. The molecule has 1 aliphatic heterocycles. The molecule has 27 heavy (non-hydrogen) atoms. The van der Waals surface area contributed by atoms with Crippen LogP contribution in [0.3, 0.4) is 0 Å². The fraction of sp³-hybridized carbons (Fsp3) is 0.381. The van der Waals surface area contributed by atoms with Gasteiger partial charge in [0.05, 0.1) is 14.2 Å². The molecule has 1 N–H and O–H groups in total. The zero-order chi connectivity index (χ0) is 19.2. The highest BCUT2D eigenvalue weighted by Gasteiger charge is 2.21. The Morgan fingerprint density at radius 3 is 2.96 bits per heavy atom. The predicted octanol–water partition coefficient (Wildman–Crippen LogP) is 3.34. The quantitative estimate of drug-likeness (QED) is 0.742. The molecule has 0 saturated carbocycles. The van der Waals surface area contributed by atoms with Gasteiger partial charge in [0.25, 0.3) is 0 Å². The summed E-state index contributed by atoms with van der Waals surface area (Å²) in [7, 11) is 3.22. The highest BCUT2D eigenvalue weighted by atomic mass is 32.1. The van der Waals surface area contributed by atoms with Crippen molar-refractivity contribution in [1.82, 2.24) is 10.2 Å². The van der Waals surface area contributed by atoms with Crippen LogP contribution in [0.4, 0.5) is 0 Å². The second kappa shape index (κ2) is 9.06. The van der Waals surface area contributed by atoms with Crippen molar-refractivity contribution in [3.05, 3.63) is 51.7 Å². The van der Waals surface area contributed by atoms with E-state index in [0.717, 1.165) is 30.8 Å². The Labute approximate surface area is 164 Å².